The minimum atomic E-state index is -0.582. The first-order chi connectivity index (χ1) is 12.8. The molecule has 2 rings (SSSR count). The van der Waals surface area contributed by atoms with Crippen molar-refractivity contribution in [2.24, 2.45) is 0 Å². The summed E-state index contributed by atoms with van der Waals surface area (Å²) in [5.41, 5.74) is 2.25. The van der Waals surface area contributed by atoms with Gasteiger partial charge in [-0.15, -0.1) is 11.3 Å². The summed E-state index contributed by atoms with van der Waals surface area (Å²) >= 11 is 1.10. The van der Waals surface area contributed by atoms with Gasteiger partial charge in [-0.25, -0.2) is 4.79 Å². The molecule has 0 saturated heterocycles. The number of aryl methyl sites for hydroxylation is 1. The first-order valence-electron chi connectivity index (χ1n) is 8.72. The average Bonchev–Trinajstić information content (AvgIpc) is 2.98. The molecule has 0 radical (unpaired) electrons. The highest BCUT2D eigenvalue weighted by Crippen LogP contribution is 2.35. The van der Waals surface area contributed by atoms with E-state index in [9.17, 15) is 14.4 Å². The number of hydrogen-bond acceptors (Lipinski definition) is 5. The third-order valence-electron chi connectivity index (χ3n) is 4.32. The Kier molecular flexibility index (Phi) is 6.74. The van der Waals surface area contributed by atoms with E-state index in [2.05, 4.69) is 5.32 Å². The molecule has 1 N–H and O–H groups in total. The van der Waals surface area contributed by atoms with E-state index in [1.807, 2.05) is 32.9 Å². The number of ether oxygens (including phenoxy) is 1. The van der Waals surface area contributed by atoms with Gasteiger partial charge in [-0.1, -0.05) is 17.7 Å². The molecular formula is C20H24N2O4S. The van der Waals surface area contributed by atoms with Crippen molar-refractivity contribution in [1.29, 1.82) is 0 Å². The number of rotatable bonds is 6. The molecule has 0 aliphatic heterocycles. The Balaban J connectivity index is 2.43. The highest BCUT2D eigenvalue weighted by molar-refractivity contribution is 7.18. The normalized spacial score (nSPS) is 10.4. The maximum atomic E-state index is 12.8. The Morgan fingerprint density at radius 2 is 1.67 bits per heavy atom. The van der Waals surface area contributed by atoms with Gasteiger partial charge in [0, 0.05) is 18.7 Å². The monoisotopic (exact) mass is 388 g/mol. The fraction of sp³-hybridized carbons (Fsp3) is 0.350. The first-order valence-corrected chi connectivity index (χ1v) is 9.54. The standard InChI is InChI=1S/C20H24N2O4S/c1-6-22(7-2)19(24)16-13(4)15(20(25)26-5)18(27-16)21-17(23)14-10-8-12(3)9-11-14/h8-11H,6-7H2,1-5H3,(H,21,23). The van der Waals surface area contributed by atoms with Crippen LogP contribution in [0.15, 0.2) is 24.3 Å². The number of nitrogens with zero attached hydrogens (tertiary/aromatic N) is 1. The SMILES string of the molecule is CCN(CC)C(=O)c1sc(NC(=O)c2ccc(C)cc2)c(C(=O)OC)c1C. The summed E-state index contributed by atoms with van der Waals surface area (Å²) in [6.45, 7) is 8.54. The number of esters is 1. The topological polar surface area (TPSA) is 75.7 Å². The predicted molar refractivity (Wildman–Crippen MR) is 107 cm³/mol. The van der Waals surface area contributed by atoms with E-state index in [1.54, 1.807) is 24.0 Å². The molecule has 0 spiro atoms. The fourth-order valence-corrected chi connectivity index (χ4v) is 3.85. The number of methoxy groups -OCH3 is 1. The zero-order chi connectivity index (χ0) is 20.1. The number of hydrogen-bond donors (Lipinski definition) is 1. The van der Waals surface area contributed by atoms with Gasteiger partial charge in [-0.05, 0) is 45.4 Å². The number of carbonyl (C=O) groups is 3. The highest BCUT2D eigenvalue weighted by Gasteiger charge is 2.28. The Morgan fingerprint density at radius 1 is 1.07 bits per heavy atom. The van der Waals surface area contributed by atoms with Crippen LogP contribution in [0.4, 0.5) is 5.00 Å². The molecule has 1 aromatic carbocycles. The van der Waals surface area contributed by atoms with E-state index >= 15 is 0 Å². The third kappa shape index (κ3) is 4.36. The molecular weight excluding hydrogens is 364 g/mol. The molecule has 2 amide bonds. The van der Waals surface area contributed by atoms with Crippen molar-refractivity contribution < 1.29 is 19.1 Å². The predicted octanol–water partition coefficient (Wildman–Crippen LogP) is 3.89. The van der Waals surface area contributed by atoms with Crippen LogP contribution in [0.3, 0.4) is 0 Å². The van der Waals surface area contributed by atoms with Crippen LogP contribution in [-0.4, -0.2) is 42.9 Å². The van der Waals surface area contributed by atoms with Gasteiger partial charge in [0.05, 0.1) is 17.6 Å². The number of anilines is 1. The molecule has 0 atom stereocenters. The Labute approximate surface area is 163 Å². The largest absolute Gasteiger partial charge is 0.465 e. The summed E-state index contributed by atoms with van der Waals surface area (Å²) in [5, 5.41) is 3.08. The lowest BCUT2D eigenvalue weighted by molar-refractivity contribution is 0.0601. The van der Waals surface area contributed by atoms with Gasteiger partial charge in [0.25, 0.3) is 11.8 Å². The van der Waals surface area contributed by atoms with Crippen molar-refractivity contribution in [3.63, 3.8) is 0 Å². The van der Waals surface area contributed by atoms with E-state index in [0.29, 0.717) is 34.1 Å². The Morgan fingerprint density at radius 3 is 2.19 bits per heavy atom. The van der Waals surface area contributed by atoms with Gasteiger partial charge >= 0.3 is 5.97 Å². The maximum absolute atomic E-state index is 12.8. The summed E-state index contributed by atoms with van der Waals surface area (Å²) in [4.78, 5) is 39.7. The fourth-order valence-electron chi connectivity index (χ4n) is 2.69. The first kappa shape index (κ1) is 20.6. The van der Waals surface area contributed by atoms with Gasteiger partial charge in [0.2, 0.25) is 0 Å². The number of carbonyl (C=O) groups excluding carboxylic acids is 3. The van der Waals surface area contributed by atoms with Crippen LogP contribution >= 0.6 is 11.3 Å². The Hall–Kier alpha value is -2.67. The van der Waals surface area contributed by atoms with Crippen molar-refractivity contribution in [2.75, 3.05) is 25.5 Å². The molecule has 27 heavy (non-hydrogen) atoms. The van der Waals surface area contributed by atoms with E-state index in [1.165, 1.54) is 7.11 Å². The summed E-state index contributed by atoms with van der Waals surface area (Å²) in [6, 6.07) is 7.10. The molecule has 0 fully saturated rings. The molecule has 0 aliphatic rings. The summed E-state index contributed by atoms with van der Waals surface area (Å²) in [5.74, 6) is -1.09. The summed E-state index contributed by atoms with van der Waals surface area (Å²) < 4.78 is 4.86. The minimum Gasteiger partial charge on any atom is -0.465 e. The van der Waals surface area contributed by atoms with Gasteiger partial charge in [0.15, 0.2) is 0 Å². The number of nitrogens with one attached hydrogen (secondary N) is 1. The highest BCUT2D eigenvalue weighted by atomic mass is 32.1. The van der Waals surface area contributed by atoms with Crippen LogP contribution in [0.2, 0.25) is 0 Å². The molecule has 0 aliphatic carbocycles. The molecule has 1 aromatic heterocycles. The van der Waals surface area contributed by atoms with Crippen LogP contribution in [0.5, 0.6) is 0 Å². The van der Waals surface area contributed by atoms with E-state index in [0.717, 1.165) is 16.9 Å². The van der Waals surface area contributed by atoms with E-state index < -0.39 is 5.97 Å². The summed E-state index contributed by atoms with van der Waals surface area (Å²) in [6.07, 6.45) is 0. The summed E-state index contributed by atoms with van der Waals surface area (Å²) in [7, 11) is 1.27. The lowest BCUT2D eigenvalue weighted by Gasteiger charge is -2.17. The maximum Gasteiger partial charge on any atom is 0.341 e. The van der Waals surface area contributed by atoms with Crippen molar-refractivity contribution in [3.8, 4) is 0 Å². The van der Waals surface area contributed by atoms with Crippen LogP contribution in [-0.2, 0) is 4.74 Å². The van der Waals surface area contributed by atoms with Gasteiger partial charge in [-0.3, -0.25) is 9.59 Å². The van der Waals surface area contributed by atoms with Crippen molar-refractivity contribution >= 4 is 34.1 Å². The molecule has 7 heteroatoms. The van der Waals surface area contributed by atoms with Crippen molar-refractivity contribution in [3.05, 3.63) is 51.4 Å². The smallest absolute Gasteiger partial charge is 0.341 e. The molecule has 0 bridgehead atoms. The van der Waals surface area contributed by atoms with Crippen LogP contribution in [0.1, 0.15) is 55.4 Å². The lowest BCUT2D eigenvalue weighted by Crippen LogP contribution is -2.30. The molecule has 0 unspecified atom stereocenters. The second kappa shape index (κ2) is 8.81. The van der Waals surface area contributed by atoms with Crippen molar-refractivity contribution in [1.82, 2.24) is 4.90 Å². The number of amides is 2. The quantitative estimate of drug-likeness (QED) is 0.762. The number of thiophene rings is 1. The number of benzene rings is 1. The van der Waals surface area contributed by atoms with Crippen LogP contribution in [0.25, 0.3) is 0 Å². The van der Waals surface area contributed by atoms with Crippen molar-refractivity contribution in [2.45, 2.75) is 27.7 Å². The van der Waals surface area contributed by atoms with Crippen LogP contribution in [0, 0.1) is 13.8 Å². The second-order valence-electron chi connectivity index (χ2n) is 6.05. The van der Waals surface area contributed by atoms with Gasteiger partial charge < -0.3 is 15.0 Å². The van der Waals surface area contributed by atoms with Crippen LogP contribution < -0.4 is 5.32 Å². The lowest BCUT2D eigenvalue weighted by atomic mass is 10.1. The van der Waals surface area contributed by atoms with Gasteiger partial charge in [0.1, 0.15) is 5.00 Å². The van der Waals surface area contributed by atoms with Gasteiger partial charge in [-0.2, -0.15) is 0 Å². The Bertz CT molecular complexity index is 852. The molecule has 144 valence electrons. The van der Waals surface area contributed by atoms with E-state index in [-0.39, 0.29) is 17.4 Å². The minimum absolute atomic E-state index is 0.163. The zero-order valence-electron chi connectivity index (χ0n) is 16.2. The third-order valence-corrected chi connectivity index (χ3v) is 5.52. The molecule has 1 heterocycles. The molecule has 0 saturated carbocycles. The average molecular weight is 388 g/mol. The zero-order valence-corrected chi connectivity index (χ0v) is 17.0. The molecule has 6 nitrogen and oxygen atoms in total. The van der Waals surface area contributed by atoms with E-state index in [4.69, 9.17) is 4.74 Å². The second-order valence-corrected chi connectivity index (χ2v) is 7.07. The molecule has 2 aromatic rings.